The zero-order valence-corrected chi connectivity index (χ0v) is 12.4. The quantitative estimate of drug-likeness (QED) is 0.689. The summed E-state index contributed by atoms with van der Waals surface area (Å²) in [5, 5.41) is 0. The van der Waals surface area contributed by atoms with Crippen LogP contribution in [0.25, 0.3) is 0 Å². The minimum absolute atomic E-state index is 0.0603. The highest BCUT2D eigenvalue weighted by atomic mass is 32.2. The van der Waals surface area contributed by atoms with Gasteiger partial charge in [-0.15, -0.1) is 0 Å². The van der Waals surface area contributed by atoms with Crippen LogP contribution in [0.5, 0.6) is 0 Å². The molecule has 0 saturated carbocycles. The number of imidazole rings is 1. The number of hydrogen-bond acceptors (Lipinski definition) is 4. The van der Waals surface area contributed by atoms with Gasteiger partial charge in [-0.2, -0.15) is 12.7 Å². The van der Waals surface area contributed by atoms with Gasteiger partial charge in [-0.3, -0.25) is 0 Å². The Labute approximate surface area is 120 Å². The average molecular weight is 301 g/mol. The summed E-state index contributed by atoms with van der Waals surface area (Å²) in [7, 11) is -3.41. The molecule has 1 aromatic heterocycles. The largest absolute Gasteiger partial charge is 0.337 e. The summed E-state index contributed by atoms with van der Waals surface area (Å²) in [6.07, 6.45) is 8.85. The maximum absolute atomic E-state index is 12.3. The molecule has 1 aliphatic rings. The van der Waals surface area contributed by atoms with Crippen LogP contribution in [0.4, 0.5) is 0 Å². The number of hydrogen-bond donors (Lipinski definition) is 2. The van der Waals surface area contributed by atoms with Gasteiger partial charge in [0, 0.05) is 44.6 Å². The van der Waals surface area contributed by atoms with Crippen LogP contribution in [0.3, 0.4) is 0 Å². The number of nitrogens with one attached hydrogen (secondary N) is 1. The number of nitrogens with zero attached hydrogens (tertiary/aromatic N) is 3. The molecule has 3 N–H and O–H groups in total. The fraction of sp³-hybridized carbons (Fsp3) is 0.750. The Balaban J connectivity index is 1.80. The summed E-state index contributed by atoms with van der Waals surface area (Å²) in [4.78, 5) is 3.95. The molecule has 1 fully saturated rings. The van der Waals surface area contributed by atoms with Gasteiger partial charge >= 0.3 is 0 Å². The van der Waals surface area contributed by atoms with Gasteiger partial charge < -0.3 is 10.3 Å². The normalized spacial score (nSPS) is 21.1. The number of piperidine rings is 1. The van der Waals surface area contributed by atoms with Gasteiger partial charge in [0.1, 0.15) is 0 Å². The molecule has 0 aromatic carbocycles. The van der Waals surface area contributed by atoms with Gasteiger partial charge in [-0.05, 0) is 19.3 Å². The predicted molar refractivity (Wildman–Crippen MR) is 77.2 cm³/mol. The molecule has 1 aromatic rings. The fourth-order valence-electron chi connectivity index (χ4n) is 2.49. The van der Waals surface area contributed by atoms with Crippen LogP contribution in [-0.4, -0.2) is 48.0 Å². The first-order chi connectivity index (χ1) is 9.63. The maximum atomic E-state index is 12.3. The Morgan fingerprint density at radius 3 is 2.95 bits per heavy atom. The summed E-state index contributed by atoms with van der Waals surface area (Å²) >= 11 is 0. The molecule has 20 heavy (non-hydrogen) atoms. The zero-order chi connectivity index (χ0) is 14.4. The molecule has 2 rings (SSSR count). The number of nitrogens with two attached hydrogens (primary N) is 1. The Morgan fingerprint density at radius 2 is 2.25 bits per heavy atom. The Morgan fingerprint density at radius 1 is 1.40 bits per heavy atom. The van der Waals surface area contributed by atoms with Crippen molar-refractivity contribution in [1.82, 2.24) is 18.6 Å². The van der Waals surface area contributed by atoms with E-state index in [4.69, 9.17) is 5.73 Å². The van der Waals surface area contributed by atoms with Gasteiger partial charge in [0.25, 0.3) is 10.2 Å². The Kier molecular flexibility index (Phi) is 5.53. The van der Waals surface area contributed by atoms with E-state index in [-0.39, 0.29) is 6.04 Å². The Bertz CT molecular complexity index is 488. The summed E-state index contributed by atoms with van der Waals surface area (Å²) < 4.78 is 30.6. The molecule has 1 atom stereocenters. The molecule has 2 heterocycles. The van der Waals surface area contributed by atoms with Crippen LogP contribution in [0.1, 0.15) is 25.7 Å². The second-order valence-corrected chi connectivity index (χ2v) is 6.76. The minimum Gasteiger partial charge on any atom is -0.337 e. The highest BCUT2D eigenvalue weighted by Gasteiger charge is 2.30. The average Bonchev–Trinajstić information content (AvgIpc) is 2.97. The predicted octanol–water partition coefficient (Wildman–Crippen LogP) is -0.0792. The standard InChI is InChI=1S/C12H23N5O2S/c13-10-12-4-1-2-8-17(12)20(18,19)15-5-3-7-16-9-6-14-11-16/h6,9,11-12,15H,1-5,7-8,10,13H2. The van der Waals surface area contributed by atoms with Crippen molar-refractivity contribution in [3.8, 4) is 0 Å². The lowest BCUT2D eigenvalue weighted by molar-refractivity contribution is 0.254. The first-order valence-electron chi connectivity index (χ1n) is 7.06. The molecule has 114 valence electrons. The summed E-state index contributed by atoms with van der Waals surface area (Å²) in [6, 6.07) is -0.0603. The molecule has 1 saturated heterocycles. The molecule has 0 spiro atoms. The lowest BCUT2D eigenvalue weighted by Gasteiger charge is -2.33. The Hall–Kier alpha value is -0.960. The molecule has 0 amide bonds. The van der Waals surface area contributed by atoms with Crippen LogP contribution in [-0.2, 0) is 16.8 Å². The molecule has 0 aliphatic carbocycles. The lowest BCUT2D eigenvalue weighted by Crippen LogP contribution is -2.51. The van der Waals surface area contributed by atoms with Crippen molar-refractivity contribution in [2.45, 2.75) is 38.3 Å². The van der Waals surface area contributed by atoms with Gasteiger partial charge in [0.05, 0.1) is 6.33 Å². The van der Waals surface area contributed by atoms with Gasteiger partial charge in [-0.1, -0.05) is 6.42 Å². The van der Waals surface area contributed by atoms with E-state index in [2.05, 4.69) is 9.71 Å². The lowest BCUT2D eigenvalue weighted by atomic mass is 10.1. The van der Waals surface area contributed by atoms with Crippen molar-refractivity contribution in [3.63, 3.8) is 0 Å². The van der Waals surface area contributed by atoms with Crippen molar-refractivity contribution in [1.29, 1.82) is 0 Å². The van der Waals surface area contributed by atoms with E-state index in [0.717, 1.165) is 32.2 Å². The number of aromatic nitrogens is 2. The third-order valence-electron chi connectivity index (χ3n) is 3.59. The van der Waals surface area contributed by atoms with Crippen LogP contribution in [0.2, 0.25) is 0 Å². The molecule has 0 bridgehead atoms. The second-order valence-electron chi connectivity index (χ2n) is 5.05. The van der Waals surface area contributed by atoms with Gasteiger partial charge in [-0.25, -0.2) is 9.71 Å². The smallest absolute Gasteiger partial charge is 0.279 e. The first-order valence-corrected chi connectivity index (χ1v) is 8.50. The molecular formula is C12H23N5O2S. The van der Waals surface area contributed by atoms with E-state index in [1.807, 2.05) is 10.8 Å². The van der Waals surface area contributed by atoms with Crippen molar-refractivity contribution in [2.24, 2.45) is 5.73 Å². The van der Waals surface area contributed by atoms with Crippen LogP contribution in [0, 0.1) is 0 Å². The van der Waals surface area contributed by atoms with E-state index in [0.29, 0.717) is 19.6 Å². The zero-order valence-electron chi connectivity index (χ0n) is 11.6. The molecule has 7 nitrogen and oxygen atoms in total. The van der Waals surface area contributed by atoms with E-state index in [9.17, 15) is 8.42 Å². The monoisotopic (exact) mass is 301 g/mol. The van der Waals surface area contributed by atoms with Crippen molar-refractivity contribution >= 4 is 10.2 Å². The molecule has 8 heteroatoms. The van der Waals surface area contributed by atoms with Crippen LogP contribution >= 0.6 is 0 Å². The summed E-state index contributed by atoms with van der Waals surface area (Å²) in [6.45, 7) is 2.13. The summed E-state index contributed by atoms with van der Waals surface area (Å²) in [5.74, 6) is 0. The van der Waals surface area contributed by atoms with Gasteiger partial charge in [0.15, 0.2) is 0 Å². The van der Waals surface area contributed by atoms with E-state index in [1.165, 1.54) is 4.31 Å². The molecule has 0 radical (unpaired) electrons. The number of rotatable bonds is 7. The third kappa shape index (κ3) is 4.02. The van der Waals surface area contributed by atoms with Crippen molar-refractivity contribution in [2.75, 3.05) is 19.6 Å². The van der Waals surface area contributed by atoms with Gasteiger partial charge in [0.2, 0.25) is 0 Å². The highest BCUT2D eigenvalue weighted by molar-refractivity contribution is 7.87. The number of aryl methyl sites for hydroxylation is 1. The first kappa shape index (κ1) is 15.4. The van der Waals surface area contributed by atoms with E-state index in [1.54, 1.807) is 12.5 Å². The van der Waals surface area contributed by atoms with Crippen LogP contribution < -0.4 is 10.5 Å². The maximum Gasteiger partial charge on any atom is 0.279 e. The SMILES string of the molecule is NCC1CCCCN1S(=O)(=O)NCCCn1ccnc1. The third-order valence-corrected chi connectivity index (χ3v) is 5.26. The molecule has 1 unspecified atom stereocenters. The fourth-order valence-corrected chi connectivity index (χ4v) is 4.01. The highest BCUT2D eigenvalue weighted by Crippen LogP contribution is 2.18. The van der Waals surface area contributed by atoms with Crippen molar-refractivity contribution in [3.05, 3.63) is 18.7 Å². The topological polar surface area (TPSA) is 93.2 Å². The molecular weight excluding hydrogens is 278 g/mol. The molecule has 1 aliphatic heterocycles. The minimum atomic E-state index is -3.41. The van der Waals surface area contributed by atoms with E-state index < -0.39 is 10.2 Å². The van der Waals surface area contributed by atoms with Crippen LogP contribution in [0.15, 0.2) is 18.7 Å². The van der Waals surface area contributed by atoms with Crippen molar-refractivity contribution < 1.29 is 8.42 Å². The second kappa shape index (κ2) is 7.16. The van der Waals surface area contributed by atoms with E-state index >= 15 is 0 Å². The summed E-state index contributed by atoms with van der Waals surface area (Å²) in [5.41, 5.74) is 5.67.